The molecule has 1 aromatic rings. The molecule has 4 nitrogen and oxygen atoms in total. The summed E-state index contributed by atoms with van der Waals surface area (Å²) in [6, 6.07) is 0.721. The summed E-state index contributed by atoms with van der Waals surface area (Å²) < 4.78 is 0. The monoisotopic (exact) mass is 252 g/mol. The topological polar surface area (TPSA) is 63.8 Å². The minimum Gasteiger partial charge on any atom is -0.326 e. The third-order valence-corrected chi connectivity index (χ3v) is 4.01. The summed E-state index contributed by atoms with van der Waals surface area (Å²) in [4.78, 5) is 8.68. The molecule has 1 heterocycles. The molecular formula is C12H20N4S. The third kappa shape index (κ3) is 3.40. The van der Waals surface area contributed by atoms with E-state index in [2.05, 4.69) is 15.3 Å². The zero-order valence-corrected chi connectivity index (χ0v) is 11.0. The molecule has 17 heavy (non-hydrogen) atoms. The van der Waals surface area contributed by atoms with Gasteiger partial charge < -0.3 is 11.1 Å². The van der Waals surface area contributed by atoms with Gasteiger partial charge in [-0.05, 0) is 19.1 Å². The van der Waals surface area contributed by atoms with Crippen molar-refractivity contribution in [2.45, 2.75) is 49.3 Å². The standard InChI is InChI=1S/C12H20N4S/c1-17-12-11(14-6-7-15-12)8-16-10-5-3-2-4-9(10)13/h6-7,9-10,16H,2-5,8,13H2,1H3/t9-,10+/m0/s1. The van der Waals surface area contributed by atoms with E-state index in [1.807, 2.05) is 6.26 Å². The van der Waals surface area contributed by atoms with Crippen LogP contribution in [-0.4, -0.2) is 28.3 Å². The van der Waals surface area contributed by atoms with Crippen molar-refractivity contribution in [1.29, 1.82) is 0 Å². The number of nitrogens with zero attached hydrogens (tertiary/aromatic N) is 2. The maximum Gasteiger partial charge on any atom is 0.119 e. The Morgan fingerprint density at radius 1 is 1.35 bits per heavy atom. The molecule has 0 aromatic carbocycles. The van der Waals surface area contributed by atoms with Crippen LogP contribution in [0, 0.1) is 0 Å². The van der Waals surface area contributed by atoms with Gasteiger partial charge in [-0.1, -0.05) is 12.8 Å². The van der Waals surface area contributed by atoms with Crippen molar-refractivity contribution in [1.82, 2.24) is 15.3 Å². The van der Waals surface area contributed by atoms with E-state index in [4.69, 9.17) is 5.73 Å². The van der Waals surface area contributed by atoms with Crippen molar-refractivity contribution in [3.8, 4) is 0 Å². The summed E-state index contributed by atoms with van der Waals surface area (Å²) in [5.41, 5.74) is 7.14. The lowest BCUT2D eigenvalue weighted by molar-refractivity contribution is 0.324. The van der Waals surface area contributed by atoms with E-state index >= 15 is 0 Å². The van der Waals surface area contributed by atoms with Crippen LogP contribution in [0.25, 0.3) is 0 Å². The molecule has 1 fully saturated rings. The van der Waals surface area contributed by atoms with Crippen LogP contribution in [0.2, 0.25) is 0 Å². The zero-order valence-electron chi connectivity index (χ0n) is 10.2. The number of nitrogens with one attached hydrogen (secondary N) is 1. The second-order valence-electron chi connectivity index (χ2n) is 4.45. The average Bonchev–Trinajstić information content (AvgIpc) is 2.38. The first kappa shape index (κ1) is 12.8. The Morgan fingerprint density at radius 2 is 2.12 bits per heavy atom. The Kier molecular flexibility index (Phi) is 4.76. The highest BCUT2D eigenvalue weighted by molar-refractivity contribution is 7.98. The van der Waals surface area contributed by atoms with Crippen LogP contribution in [0.4, 0.5) is 0 Å². The average molecular weight is 252 g/mol. The van der Waals surface area contributed by atoms with Crippen molar-refractivity contribution in [3.05, 3.63) is 18.1 Å². The summed E-state index contributed by atoms with van der Waals surface area (Å²) in [5, 5.41) is 4.53. The molecule has 0 bridgehead atoms. The molecule has 2 atom stereocenters. The summed E-state index contributed by atoms with van der Waals surface area (Å²) >= 11 is 1.64. The minimum absolute atomic E-state index is 0.290. The van der Waals surface area contributed by atoms with Crippen molar-refractivity contribution in [2.24, 2.45) is 5.73 Å². The molecule has 0 amide bonds. The quantitative estimate of drug-likeness (QED) is 0.796. The van der Waals surface area contributed by atoms with Gasteiger partial charge in [0.2, 0.25) is 0 Å². The Labute approximate surface area is 107 Å². The lowest BCUT2D eigenvalue weighted by Crippen LogP contribution is -2.46. The van der Waals surface area contributed by atoms with Gasteiger partial charge in [-0.25, -0.2) is 4.98 Å². The van der Waals surface area contributed by atoms with E-state index in [0.29, 0.717) is 6.04 Å². The molecule has 1 saturated carbocycles. The lowest BCUT2D eigenvalue weighted by Gasteiger charge is -2.29. The fraction of sp³-hybridized carbons (Fsp3) is 0.667. The first-order valence-corrected chi connectivity index (χ1v) is 7.36. The molecule has 0 radical (unpaired) electrons. The van der Waals surface area contributed by atoms with E-state index in [1.165, 1.54) is 19.3 Å². The highest BCUT2D eigenvalue weighted by Gasteiger charge is 2.21. The van der Waals surface area contributed by atoms with Crippen LogP contribution in [0.15, 0.2) is 17.4 Å². The molecule has 3 N–H and O–H groups in total. The molecule has 1 aliphatic rings. The number of hydrogen-bond donors (Lipinski definition) is 2. The number of aromatic nitrogens is 2. The molecule has 0 spiro atoms. The predicted octanol–water partition coefficient (Wildman–Crippen LogP) is 1.56. The van der Waals surface area contributed by atoms with Crippen molar-refractivity contribution >= 4 is 11.8 Å². The molecular weight excluding hydrogens is 232 g/mol. The summed E-state index contributed by atoms with van der Waals surface area (Å²) in [7, 11) is 0. The van der Waals surface area contributed by atoms with Gasteiger partial charge in [0.25, 0.3) is 0 Å². The smallest absolute Gasteiger partial charge is 0.119 e. The molecule has 0 aliphatic heterocycles. The van der Waals surface area contributed by atoms with Crippen molar-refractivity contribution in [2.75, 3.05) is 6.26 Å². The number of thioether (sulfide) groups is 1. The Morgan fingerprint density at radius 3 is 2.88 bits per heavy atom. The first-order valence-electron chi connectivity index (χ1n) is 6.14. The fourth-order valence-corrected chi connectivity index (χ4v) is 2.81. The van der Waals surface area contributed by atoms with Gasteiger partial charge in [0.1, 0.15) is 5.03 Å². The number of hydrogen-bond acceptors (Lipinski definition) is 5. The van der Waals surface area contributed by atoms with Crippen LogP contribution in [0.3, 0.4) is 0 Å². The largest absolute Gasteiger partial charge is 0.326 e. The van der Waals surface area contributed by atoms with Crippen LogP contribution in [0.1, 0.15) is 31.4 Å². The molecule has 0 unspecified atom stereocenters. The fourth-order valence-electron chi connectivity index (χ4n) is 2.29. The van der Waals surface area contributed by atoms with Crippen molar-refractivity contribution in [3.63, 3.8) is 0 Å². The Hall–Kier alpha value is -0.650. The number of rotatable bonds is 4. The minimum atomic E-state index is 0.290. The van der Waals surface area contributed by atoms with Gasteiger partial charge in [-0.2, -0.15) is 0 Å². The molecule has 0 saturated heterocycles. The normalized spacial score (nSPS) is 24.8. The molecule has 94 valence electrons. The van der Waals surface area contributed by atoms with Gasteiger partial charge in [0, 0.05) is 31.0 Å². The van der Waals surface area contributed by atoms with Crippen molar-refractivity contribution < 1.29 is 0 Å². The highest BCUT2D eigenvalue weighted by atomic mass is 32.2. The second kappa shape index (κ2) is 6.33. The van der Waals surface area contributed by atoms with E-state index in [9.17, 15) is 0 Å². The lowest BCUT2D eigenvalue weighted by atomic mass is 9.91. The van der Waals surface area contributed by atoms with Crippen LogP contribution >= 0.6 is 11.8 Å². The summed E-state index contributed by atoms with van der Waals surface area (Å²) in [6.45, 7) is 0.766. The summed E-state index contributed by atoms with van der Waals surface area (Å²) in [5.74, 6) is 0. The maximum absolute atomic E-state index is 6.11. The second-order valence-corrected chi connectivity index (χ2v) is 5.24. The van der Waals surface area contributed by atoms with Gasteiger partial charge in [-0.3, -0.25) is 4.98 Å². The molecule has 5 heteroatoms. The Bertz CT molecular complexity index is 358. The zero-order chi connectivity index (χ0) is 12.1. The van der Waals surface area contributed by atoms with Gasteiger partial charge >= 0.3 is 0 Å². The number of nitrogens with two attached hydrogens (primary N) is 1. The van der Waals surface area contributed by atoms with E-state index < -0.39 is 0 Å². The predicted molar refractivity (Wildman–Crippen MR) is 70.9 cm³/mol. The van der Waals surface area contributed by atoms with E-state index in [0.717, 1.165) is 23.7 Å². The maximum atomic E-state index is 6.11. The van der Waals surface area contributed by atoms with E-state index in [-0.39, 0.29) is 6.04 Å². The Balaban J connectivity index is 1.92. The highest BCUT2D eigenvalue weighted by Crippen LogP contribution is 2.18. The van der Waals surface area contributed by atoms with Gasteiger partial charge in [0.15, 0.2) is 0 Å². The third-order valence-electron chi connectivity index (χ3n) is 3.28. The molecule has 1 aliphatic carbocycles. The van der Waals surface area contributed by atoms with Crippen LogP contribution < -0.4 is 11.1 Å². The molecule has 2 rings (SSSR count). The molecule has 1 aromatic heterocycles. The van der Waals surface area contributed by atoms with Gasteiger partial charge in [-0.15, -0.1) is 11.8 Å². The first-order chi connectivity index (χ1) is 8.31. The van der Waals surface area contributed by atoms with Crippen LogP contribution in [0.5, 0.6) is 0 Å². The SMILES string of the molecule is CSc1nccnc1CN[C@@H]1CCCC[C@@H]1N. The summed E-state index contributed by atoms with van der Waals surface area (Å²) in [6.07, 6.45) is 10.4. The van der Waals surface area contributed by atoms with E-state index in [1.54, 1.807) is 24.2 Å². The van der Waals surface area contributed by atoms with Gasteiger partial charge in [0.05, 0.1) is 5.69 Å². The van der Waals surface area contributed by atoms with Crippen LogP contribution in [-0.2, 0) is 6.54 Å².